The van der Waals surface area contributed by atoms with Gasteiger partial charge in [0.2, 0.25) is 0 Å². The highest BCUT2D eigenvalue weighted by Crippen LogP contribution is 2.45. The van der Waals surface area contributed by atoms with Gasteiger partial charge in [-0.1, -0.05) is 382 Å². The van der Waals surface area contributed by atoms with Gasteiger partial charge in [-0.2, -0.15) is 0 Å². The van der Waals surface area contributed by atoms with Gasteiger partial charge in [-0.15, -0.1) is 0 Å². The molecule has 606 valence electrons. The van der Waals surface area contributed by atoms with Gasteiger partial charge in [0, 0.05) is 25.7 Å². The van der Waals surface area contributed by atoms with Crippen LogP contribution in [0.5, 0.6) is 0 Å². The van der Waals surface area contributed by atoms with E-state index < -0.39 is 97.5 Å². The van der Waals surface area contributed by atoms with Gasteiger partial charge in [0.25, 0.3) is 0 Å². The maximum absolute atomic E-state index is 13.1. The largest absolute Gasteiger partial charge is 0.472 e. The SMILES string of the molecule is CCCCCCCCCCCCCCCCCCCCCCCCC(=O)O[C@H](COC(=O)CCCCCCCCCCCCCCC(C)C)COP(=O)(O)OC[C@@H](O)COP(=O)(O)OC[C@@H](COC(=O)CCCCCCCCCCC(C)C)OC(=O)CCCCCCCCCCCCC(C)CC. The lowest BCUT2D eigenvalue weighted by Crippen LogP contribution is -2.30. The Kier molecular flexibility index (Phi) is 71.8. The lowest BCUT2D eigenvalue weighted by molar-refractivity contribution is -0.161. The molecule has 19 heteroatoms. The van der Waals surface area contributed by atoms with Crippen molar-refractivity contribution in [3.8, 4) is 0 Å². The fraction of sp³-hybridized carbons (Fsp3) is 0.952. The molecule has 0 saturated carbocycles. The number of aliphatic hydroxyl groups is 1. The van der Waals surface area contributed by atoms with Crippen molar-refractivity contribution in [2.75, 3.05) is 39.6 Å². The van der Waals surface area contributed by atoms with Crippen LogP contribution in [0.4, 0.5) is 0 Å². The second kappa shape index (κ2) is 73.2. The maximum Gasteiger partial charge on any atom is 0.472 e. The van der Waals surface area contributed by atoms with Crippen molar-refractivity contribution in [3.05, 3.63) is 0 Å². The van der Waals surface area contributed by atoms with Gasteiger partial charge >= 0.3 is 39.5 Å². The highest BCUT2D eigenvalue weighted by atomic mass is 31.2. The molecule has 0 radical (unpaired) electrons. The third kappa shape index (κ3) is 74.9. The molecule has 6 atom stereocenters. The van der Waals surface area contributed by atoms with E-state index >= 15 is 0 Å². The zero-order valence-corrected chi connectivity index (χ0v) is 68.9. The Hall–Kier alpha value is -1.94. The average Bonchev–Trinajstić information content (AvgIpc) is 0.919. The number of rotatable bonds is 81. The summed E-state index contributed by atoms with van der Waals surface area (Å²) in [7, 11) is -9.92. The number of esters is 4. The van der Waals surface area contributed by atoms with Gasteiger partial charge in [-0.3, -0.25) is 37.3 Å². The number of phosphoric ester groups is 2. The van der Waals surface area contributed by atoms with E-state index in [1.54, 1.807) is 0 Å². The molecule has 0 aliphatic heterocycles. The van der Waals surface area contributed by atoms with Crippen LogP contribution in [0.15, 0.2) is 0 Å². The minimum Gasteiger partial charge on any atom is -0.462 e. The Balaban J connectivity index is 5.23. The molecule has 0 aromatic heterocycles. The molecule has 3 unspecified atom stereocenters. The molecular weight excluding hydrogens is 1330 g/mol. The molecular formula is C83H162O17P2. The van der Waals surface area contributed by atoms with Gasteiger partial charge < -0.3 is 33.8 Å². The molecule has 0 saturated heterocycles. The zero-order chi connectivity index (χ0) is 75.1. The van der Waals surface area contributed by atoms with E-state index in [4.69, 9.17) is 37.0 Å². The van der Waals surface area contributed by atoms with E-state index in [1.165, 1.54) is 244 Å². The van der Waals surface area contributed by atoms with Gasteiger partial charge in [-0.05, 0) is 43.4 Å². The third-order valence-corrected chi connectivity index (χ3v) is 21.6. The molecule has 0 spiro atoms. The Bertz CT molecular complexity index is 1980. The predicted molar refractivity (Wildman–Crippen MR) is 418 cm³/mol. The average molecular weight is 1490 g/mol. The Morgan fingerprint density at radius 3 is 0.745 bits per heavy atom. The quantitative estimate of drug-likeness (QED) is 0.0222. The number of carbonyl (C=O) groups excluding carboxylic acids is 4. The molecule has 0 aliphatic rings. The van der Waals surface area contributed by atoms with Crippen LogP contribution in [0.1, 0.15) is 434 Å². The van der Waals surface area contributed by atoms with Crippen LogP contribution >= 0.6 is 15.6 Å². The van der Waals surface area contributed by atoms with Crippen LogP contribution in [-0.2, 0) is 65.4 Å². The first-order valence-corrected chi connectivity index (χ1v) is 45.9. The van der Waals surface area contributed by atoms with E-state index in [-0.39, 0.29) is 25.7 Å². The second-order valence-electron chi connectivity index (χ2n) is 31.1. The molecule has 0 rings (SSSR count). The summed E-state index contributed by atoms with van der Waals surface area (Å²) in [5, 5.41) is 10.7. The lowest BCUT2D eigenvalue weighted by Gasteiger charge is -2.21. The number of ether oxygens (including phenoxy) is 4. The summed E-state index contributed by atoms with van der Waals surface area (Å²) in [4.78, 5) is 73.1. The first-order chi connectivity index (χ1) is 49.3. The van der Waals surface area contributed by atoms with Crippen LogP contribution in [0.25, 0.3) is 0 Å². The van der Waals surface area contributed by atoms with Crippen LogP contribution < -0.4 is 0 Å². The van der Waals surface area contributed by atoms with Crippen molar-refractivity contribution >= 4 is 39.5 Å². The summed E-state index contributed by atoms with van der Waals surface area (Å²) in [5.74, 6) is 0.200. The maximum atomic E-state index is 13.1. The number of carbonyl (C=O) groups is 4. The summed E-state index contributed by atoms with van der Waals surface area (Å²) >= 11 is 0. The minimum atomic E-state index is -4.96. The zero-order valence-electron chi connectivity index (χ0n) is 67.1. The van der Waals surface area contributed by atoms with Gasteiger partial charge in [0.15, 0.2) is 12.2 Å². The number of hydrogen-bond acceptors (Lipinski definition) is 15. The first kappa shape index (κ1) is 100. The van der Waals surface area contributed by atoms with Crippen molar-refractivity contribution in [3.63, 3.8) is 0 Å². The van der Waals surface area contributed by atoms with Crippen LogP contribution in [0.2, 0.25) is 0 Å². The molecule has 0 aromatic carbocycles. The summed E-state index contributed by atoms with van der Waals surface area (Å²) in [5.41, 5.74) is 0. The topological polar surface area (TPSA) is 237 Å². The molecule has 0 bridgehead atoms. The predicted octanol–water partition coefficient (Wildman–Crippen LogP) is 24.9. The highest BCUT2D eigenvalue weighted by Gasteiger charge is 2.30. The van der Waals surface area contributed by atoms with Gasteiger partial charge in [-0.25, -0.2) is 9.13 Å². The number of unbranched alkanes of at least 4 members (excludes halogenated alkanes) is 48. The van der Waals surface area contributed by atoms with E-state index in [9.17, 15) is 43.2 Å². The van der Waals surface area contributed by atoms with E-state index in [0.717, 1.165) is 108 Å². The number of aliphatic hydroxyl groups excluding tert-OH is 1. The third-order valence-electron chi connectivity index (χ3n) is 19.7. The fourth-order valence-corrected chi connectivity index (χ4v) is 14.4. The summed E-state index contributed by atoms with van der Waals surface area (Å²) in [6.45, 7) is 11.9. The Morgan fingerprint density at radius 1 is 0.284 bits per heavy atom. The van der Waals surface area contributed by atoms with Gasteiger partial charge in [0.1, 0.15) is 19.3 Å². The van der Waals surface area contributed by atoms with Crippen molar-refractivity contribution in [1.82, 2.24) is 0 Å². The van der Waals surface area contributed by atoms with Crippen LogP contribution in [-0.4, -0.2) is 96.7 Å². The molecule has 0 aromatic rings. The molecule has 0 amide bonds. The first-order valence-electron chi connectivity index (χ1n) is 42.9. The monoisotopic (exact) mass is 1490 g/mol. The summed E-state index contributed by atoms with van der Waals surface area (Å²) in [6.07, 6.45) is 62.5. The summed E-state index contributed by atoms with van der Waals surface area (Å²) in [6, 6.07) is 0. The van der Waals surface area contributed by atoms with Gasteiger partial charge in [0.05, 0.1) is 26.4 Å². The molecule has 0 fully saturated rings. The number of phosphoric acid groups is 2. The Labute approximate surface area is 626 Å². The molecule has 3 N–H and O–H groups in total. The molecule has 0 aliphatic carbocycles. The standard InChI is InChI=1S/C83H162O17P2/c1-8-10-11-12-13-14-15-16-17-18-19-20-21-22-23-24-25-30-36-45-52-59-66-82(87)99-78(70-93-80(85)64-57-50-43-35-29-27-26-28-33-40-47-54-61-74(3)4)72-97-101(89,90)95-68-77(84)69-96-102(91,92)98-73-79(71-94-81(86)65-58-51-44-39-38-41-48-55-62-75(5)6)100-83(88)67-60-53-46-37-32-31-34-42-49-56-63-76(7)9-2/h74-79,84H,8-73H2,1-7H3,(H,89,90)(H,91,92)/t76?,77-,78-,79-/m1/s1. The van der Waals surface area contributed by atoms with Crippen molar-refractivity contribution < 1.29 is 80.2 Å². The lowest BCUT2D eigenvalue weighted by atomic mass is 9.99. The van der Waals surface area contributed by atoms with Crippen molar-refractivity contribution in [2.45, 2.75) is 452 Å². The Morgan fingerprint density at radius 2 is 0.500 bits per heavy atom. The van der Waals surface area contributed by atoms with E-state index in [2.05, 4.69) is 48.5 Å². The van der Waals surface area contributed by atoms with Crippen molar-refractivity contribution in [2.24, 2.45) is 17.8 Å². The number of hydrogen-bond donors (Lipinski definition) is 3. The molecule has 0 heterocycles. The fourth-order valence-electron chi connectivity index (χ4n) is 12.8. The van der Waals surface area contributed by atoms with Crippen LogP contribution in [0.3, 0.4) is 0 Å². The van der Waals surface area contributed by atoms with Crippen LogP contribution in [0, 0.1) is 17.8 Å². The van der Waals surface area contributed by atoms with E-state index in [1.807, 2.05) is 0 Å². The second-order valence-corrected chi connectivity index (χ2v) is 34.0. The highest BCUT2D eigenvalue weighted by molar-refractivity contribution is 7.47. The normalized spacial score (nSPS) is 14.2. The minimum absolute atomic E-state index is 0.106. The molecule has 17 nitrogen and oxygen atoms in total. The van der Waals surface area contributed by atoms with Crippen molar-refractivity contribution in [1.29, 1.82) is 0 Å². The molecule has 102 heavy (non-hydrogen) atoms. The van der Waals surface area contributed by atoms with E-state index in [0.29, 0.717) is 25.7 Å². The summed E-state index contributed by atoms with van der Waals surface area (Å²) < 4.78 is 68.8. The smallest absolute Gasteiger partial charge is 0.462 e.